The zero-order valence-electron chi connectivity index (χ0n) is 19.1. The summed E-state index contributed by atoms with van der Waals surface area (Å²) in [6.45, 7) is 7.61. The van der Waals surface area contributed by atoms with E-state index in [0.29, 0.717) is 18.2 Å². The second kappa shape index (κ2) is 9.74. The molecule has 0 bridgehead atoms. The largest absolute Gasteiger partial charge is 0.398 e. The highest BCUT2D eigenvalue weighted by atomic mass is 32.1. The summed E-state index contributed by atoms with van der Waals surface area (Å²) in [4.78, 5) is 7.63. The molecule has 172 valence electrons. The van der Waals surface area contributed by atoms with Gasteiger partial charge in [-0.05, 0) is 102 Å². The van der Waals surface area contributed by atoms with Crippen LogP contribution >= 0.6 is 11.3 Å². The van der Waals surface area contributed by atoms with Gasteiger partial charge >= 0.3 is 0 Å². The summed E-state index contributed by atoms with van der Waals surface area (Å²) in [5.74, 6) is 2.20. The van der Waals surface area contributed by atoms with Crippen molar-refractivity contribution >= 4 is 27.2 Å². The molecular formula is C25H39N3O2S. The van der Waals surface area contributed by atoms with Gasteiger partial charge in [-0.3, -0.25) is 0 Å². The number of nitrogens with two attached hydrogens (primary N) is 1. The molecule has 1 saturated heterocycles. The van der Waals surface area contributed by atoms with Crippen LogP contribution in [0.2, 0.25) is 0 Å². The number of rotatable bonds is 7. The maximum Gasteiger partial charge on any atom is 0.0969 e. The van der Waals surface area contributed by atoms with Gasteiger partial charge in [0, 0.05) is 30.3 Å². The third kappa shape index (κ3) is 5.59. The number of likely N-dealkylation sites (tertiary alicyclic amines) is 1. The van der Waals surface area contributed by atoms with Gasteiger partial charge in [-0.25, -0.2) is 4.98 Å². The first-order valence-electron chi connectivity index (χ1n) is 12.1. The van der Waals surface area contributed by atoms with Crippen molar-refractivity contribution in [2.24, 2.45) is 11.8 Å². The Morgan fingerprint density at radius 1 is 1.10 bits per heavy atom. The molecule has 0 amide bonds. The number of hydrogen-bond donors (Lipinski definition) is 3. The first-order chi connectivity index (χ1) is 14.8. The minimum atomic E-state index is -0.951. The second-order valence-electron chi connectivity index (χ2n) is 10.3. The quantitative estimate of drug-likeness (QED) is 0.530. The molecule has 1 aromatic heterocycles. The van der Waals surface area contributed by atoms with Crippen LogP contribution in [0.25, 0.3) is 10.2 Å². The van der Waals surface area contributed by atoms with Crippen LogP contribution in [0.3, 0.4) is 0 Å². The van der Waals surface area contributed by atoms with Gasteiger partial charge in [0.25, 0.3) is 0 Å². The van der Waals surface area contributed by atoms with Crippen molar-refractivity contribution in [3.63, 3.8) is 0 Å². The van der Waals surface area contributed by atoms with Gasteiger partial charge < -0.3 is 20.8 Å². The van der Waals surface area contributed by atoms with E-state index in [0.717, 1.165) is 34.0 Å². The first-order valence-corrected chi connectivity index (χ1v) is 12.9. The van der Waals surface area contributed by atoms with E-state index < -0.39 is 5.60 Å². The highest BCUT2D eigenvalue weighted by molar-refractivity contribution is 7.18. The molecule has 0 atom stereocenters. The van der Waals surface area contributed by atoms with Crippen LogP contribution in [0.15, 0.2) is 12.1 Å². The second-order valence-corrected chi connectivity index (χ2v) is 11.4. The Kier molecular flexibility index (Phi) is 7.21. The number of hydrogen-bond acceptors (Lipinski definition) is 6. The summed E-state index contributed by atoms with van der Waals surface area (Å²) < 4.78 is 1.13. The topological polar surface area (TPSA) is 82.6 Å². The number of nitrogens with zero attached hydrogens (tertiary/aromatic N) is 2. The Bertz CT molecular complexity index is 860. The minimum Gasteiger partial charge on any atom is -0.398 e. The lowest BCUT2D eigenvalue weighted by Crippen LogP contribution is -2.38. The zero-order valence-corrected chi connectivity index (χ0v) is 20.0. The molecule has 6 heteroatoms. The molecule has 2 heterocycles. The number of nitrogen functional groups attached to an aromatic ring is 1. The number of piperidine rings is 1. The molecule has 1 aliphatic carbocycles. The molecule has 2 aliphatic rings. The Morgan fingerprint density at radius 2 is 1.81 bits per heavy atom. The van der Waals surface area contributed by atoms with Gasteiger partial charge in [0.15, 0.2) is 0 Å². The van der Waals surface area contributed by atoms with Crippen LogP contribution in [0.4, 0.5) is 5.69 Å². The van der Waals surface area contributed by atoms with Crippen LogP contribution in [0.1, 0.15) is 81.7 Å². The summed E-state index contributed by atoms with van der Waals surface area (Å²) in [7, 11) is 0. The summed E-state index contributed by atoms with van der Waals surface area (Å²) in [5, 5.41) is 20.7. The van der Waals surface area contributed by atoms with Gasteiger partial charge in [-0.2, -0.15) is 0 Å². The molecule has 2 aromatic rings. The molecule has 2 fully saturated rings. The maximum absolute atomic E-state index is 10.4. The van der Waals surface area contributed by atoms with E-state index in [1.54, 1.807) is 25.2 Å². The smallest absolute Gasteiger partial charge is 0.0969 e. The summed E-state index contributed by atoms with van der Waals surface area (Å²) in [6, 6.07) is 3.96. The first kappa shape index (κ1) is 23.0. The van der Waals surface area contributed by atoms with Crippen molar-refractivity contribution in [3.8, 4) is 0 Å². The molecule has 1 saturated carbocycles. The normalized spacial score (nSPS) is 24.1. The average Bonchev–Trinajstić information content (AvgIpc) is 3.15. The lowest BCUT2D eigenvalue weighted by Gasteiger charge is -2.36. The van der Waals surface area contributed by atoms with Crippen LogP contribution in [-0.4, -0.2) is 46.3 Å². The van der Waals surface area contributed by atoms with Gasteiger partial charge in [-0.15, -0.1) is 11.3 Å². The lowest BCUT2D eigenvalue weighted by atomic mass is 9.81. The van der Waals surface area contributed by atoms with Crippen molar-refractivity contribution in [1.82, 2.24) is 9.88 Å². The minimum absolute atomic E-state index is 0.339. The van der Waals surface area contributed by atoms with E-state index in [9.17, 15) is 5.11 Å². The Hall–Kier alpha value is -1.21. The van der Waals surface area contributed by atoms with E-state index in [1.165, 1.54) is 69.6 Å². The number of aromatic nitrogens is 1. The van der Waals surface area contributed by atoms with Gasteiger partial charge in [0.1, 0.15) is 0 Å². The fourth-order valence-electron chi connectivity index (χ4n) is 5.51. The molecule has 4 N–H and O–H groups in total. The van der Waals surface area contributed by atoms with Crippen molar-refractivity contribution in [1.29, 1.82) is 0 Å². The standard InChI is InChI=1S/C25H39N3O2S/c1-25(2,30)20-14-22-23(15-21(20)26)31-24(27-22)19-7-5-18(6-8-19)16-28-11-9-17(10-12-28)4-3-13-29/h14-15,17-19,29-30H,3-13,16,26H2,1-2H3. The van der Waals surface area contributed by atoms with E-state index in [-0.39, 0.29) is 0 Å². The third-order valence-electron chi connectivity index (χ3n) is 7.43. The van der Waals surface area contributed by atoms with Gasteiger partial charge in [0.05, 0.1) is 20.8 Å². The number of aliphatic hydroxyl groups is 2. The summed E-state index contributed by atoms with van der Waals surface area (Å²) in [6.07, 6.45) is 9.81. The molecule has 31 heavy (non-hydrogen) atoms. The van der Waals surface area contributed by atoms with Crippen LogP contribution in [-0.2, 0) is 5.60 Å². The number of fused-ring (bicyclic) bond motifs is 1. The third-order valence-corrected chi connectivity index (χ3v) is 8.61. The Labute approximate surface area is 190 Å². The molecular weight excluding hydrogens is 406 g/mol. The Balaban J connectivity index is 1.30. The lowest BCUT2D eigenvalue weighted by molar-refractivity contribution is 0.0795. The van der Waals surface area contributed by atoms with Gasteiger partial charge in [-0.1, -0.05) is 0 Å². The van der Waals surface area contributed by atoms with Crippen molar-refractivity contribution < 1.29 is 10.2 Å². The predicted octanol–water partition coefficient (Wildman–Crippen LogP) is 4.86. The van der Waals surface area contributed by atoms with Crippen molar-refractivity contribution in [3.05, 3.63) is 22.7 Å². The molecule has 5 nitrogen and oxygen atoms in total. The number of anilines is 1. The van der Waals surface area contributed by atoms with Crippen molar-refractivity contribution in [2.45, 2.75) is 76.7 Å². The molecule has 1 aromatic carbocycles. The van der Waals surface area contributed by atoms with Crippen LogP contribution in [0, 0.1) is 11.8 Å². The average molecular weight is 446 g/mol. The van der Waals surface area contributed by atoms with Crippen LogP contribution < -0.4 is 5.73 Å². The van der Waals surface area contributed by atoms with E-state index in [1.807, 2.05) is 12.1 Å². The van der Waals surface area contributed by atoms with E-state index in [2.05, 4.69) is 4.90 Å². The SMILES string of the molecule is CC(C)(O)c1cc2nc(C3CCC(CN4CCC(CCCO)CC4)CC3)sc2cc1N. The zero-order chi connectivity index (χ0) is 22.0. The summed E-state index contributed by atoms with van der Waals surface area (Å²) in [5.41, 5.74) is 7.64. The molecule has 0 radical (unpaired) electrons. The number of benzene rings is 1. The highest BCUT2D eigenvalue weighted by Crippen LogP contribution is 2.41. The fourth-order valence-corrected chi connectivity index (χ4v) is 6.67. The van der Waals surface area contributed by atoms with E-state index >= 15 is 0 Å². The van der Waals surface area contributed by atoms with E-state index in [4.69, 9.17) is 15.8 Å². The number of aliphatic hydroxyl groups excluding tert-OH is 1. The molecule has 0 unspecified atom stereocenters. The monoisotopic (exact) mass is 445 g/mol. The van der Waals surface area contributed by atoms with Gasteiger partial charge in [0.2, 0.25) is 0 Å². The molecule has 0 spiro atoms. The van der Waals surface area contributed by atoms with Crippen LogP contribution in [0.5, 0.6) is 0 Å². The Morgan fingerprint density at radius 3 is 2.45 bits per heavy atom. The number of thiazole rings is 1. The van der Waals surface area contributed by atoms with Crippen molar-refractivity contribution in [2.75, 3.05) is 32.0 Å². The fraction of sp³-hybridized carbons (Fsp3) is 0.720. The summed E-state index contributed by atoms with van der Waals surface area (Å²) >= 11 is 1.78. The molecule has 4 rings (SSSR count). The molecule has 1 aliphatic heterocycles. The maximum atomic E-state index is 10.4. The predicted molar refractivity (Wildman–Crippen MR) is 129 cm³/mol. The highest BCUT2D eigenvalue weighted by Gasteiger charge is 2.28.